The lowest BCUT2D eigenvalue weighted by Crippen LogP contribution is -1.98. The number of aryl methyl sites for hydroxylation is 2. The van der Waals surface area contributed by atoms with Gasteiger partial charge in [0.05, 0.1) is 0 Å². The molecule has 5 heteroatoms. The van der Waals surface area contributed by atoms with Gasteiger partial charge in [0.1, 0.15) is 6.20 Å². The van der Waals surface area contributed by atoms with Gasteiger partial charge in [-0.2, -0.15) is 0 Å². The molecule has 0 saturated carbocycles. The molecule has 1 heterocycles. The predicted octanol–water partition coefficient (Wildman–Crippen LogP) is 2.68. The van der Waals surface area contributed by atoms with E-state index >= 15 is 0 Å². The van der Waals surface area contributed by atoms with E-state index in [2.05, 4.69) is 11.9 Å². The van der Waals surface area contributed by atoms with Gasteiger partial charge in [-0.3, -0.25) is 0 Å². The van der Waals surface area contributed by atoms with Gasteiger partial charge in [-0.05, 0) is 16.3 Å². The van der Waals surface area contributed by atoms with Gasteiger partial charge in [-0.1, -0.05) is 26.2 Å². The van der Waals surface area contributed by atoms with Gasteiger partial charge in [-0.15, -0.1) is 0 Å². The van der Waals surface area contributed by atoms with E-state index in [-0.39, 0.29) is 5.82 Å². The van der Waals surface area contributed by atoms with Crippen LogP contribution in [0.3, 0.4) is 0 Å². The van der Waals surface area contributed by atoms with Crippen molar-refractivity contribution >= 4 is 5.82 Å². The highest BCUT2D eigenvalue weighted by Crippen LogP contribution is 2.11. The molecule has 0 aliphatic rings. The van der Waals surface area contributed by atoms with Crippen LogP contribution in [0.2, 0.25) is 0 Å². The van der Waals surface area contributed by atoms with Crippen LogP contribution in [0.1, 0.15) is 38.4 Å². The molecule has 0 aliphatic heterocycles. The van der Waals surface area contributed by atoms with Gasteiger partial charge in [0.2, 0.25) is 5.82 Å². The first-order valence-electron chi connectivity index (χ1n) is 5.33. The molecule has 0 unspecified atom stereocenters. The molecule has 0 aromatic carbocycles. The van der Waals surface area contributed by atoms with Crippen LogP contribution >= 0.6 is 0 Å². The fraction of sp³-hybridized carbons (Fsp3) is 0.700. The van der Waals surface area contributed by atoms with Crippen molar-refractivity contribution in [3.05, 3.63) is 22.1 Å². The molecule has 0 bridgehead atoms. The fourth-order valence-corrected chi connectivity index (χ4v) is 1.51. The molecule has 0 saturated heterocycles. The Kier molecular flexibility index (Phi) is 4.27. The minimum atomic E-state index is -0.449. The third kappa shape index (κ3) is 3.34. The minimum Gasteiger partial charge on any atom is -0.358 e. The van der Waals surface area contributed by atoms with Gasteiger partial charge >= 0.3 is 5.82 Å². The highest BCUT2D eigenvalue weighted by molar-refractivity contribution is 5.16. The number of aromatic nitrogens is 2. The third-order valence-electron chi connectivity index (χ3n) is 2.40. The highest BCUT2D eigenvalue weighted by atomic mass is 16.6. The highest BCUT2D eigenvalue weighted by Gasteiger charge is 2.14. The first-order chi connectivity index (χ1) is 7.15. The Hall–Kier alpha value is -1.39. The lowest BCUT2D eigenvalue weighted by atomic mass is 10.2. The van der Waals surface area contributed by atoms with E-state index in [0.717, 1.165) is 18.8 Å². The zero-order valence-electron chi connectivity index (χ0n) is 9.27. The largest absolute Gasteiger partial charge is 0.381 e. The first-order valence-corrected chi connectivity index (χ1v) is 5.33. The standard InChI is InChI=1S/C10H17N3O2/c1-3-4-5-6-7-12-8-10(13(14)15)11-9(12)2/h8H,3-7H2,1-2H3. The quantitative estimate of drug-likeness (QED) is 0.413. The number of imidazole rings is 1. The molecular weight excluding hydrogens is 194 g/mol. The van der Waals surface area contributed by atoms with E-state index in [4.69, 9.17) is 0 Å². The van der Waals surface area contributed by atoms with Crippen LogP contribution in [-0.4, -0.2) is 14.5 Å². The summed E-state index contributed by atoms with van der Waals surface area (Å²) in [6.07, 6.45) is 6.16. The van der Waals surface area contributed by atoms with Gasteiger partial charge < -0.3 is 14.7 Å². The number of nitrogens with zero attached hydrogens (tertiary/aromatic N) is 3. The number of rotatable bonds is 6. The normalized spacial score (nSPS) is 10.5. The van der Waals surface area contributed by atoms with Crippen molar-refractivity contribution in [3.8, 4) is 0 Å². The SMILES string of the molecule is CCCCCCn1cc([N+](=O)[O-])nc1C. The van der Waals surface area contributed by atoms with Crippen LogP contribution in [0.5, 0.6) is 0 Å². The summed E-state index contributed by atoms with van der Waals surface area (Å²) in [6, 6.07) is 0. The van der Waals surface area contributed by atoms with Crippen molar-refractivity contribution in [2.24, 2.45) is 0 Å². The lowest BCUT2D eigenvalue weighted by molar-refractivity contribution is -0.389. The molecule has 84 valence electrons. The lowest BCUT2D eigenvalue weighted by Gasteiger charge is -2.01. The second-order valence-electron chi connectivity index (χ2n) is 3.66. The summed E-state index contributed by atoms with van der Waals surface area (Å²) in [5.41, 5.74) is 0. The number of unbranched alkanes of at least 4 members (excludes halogenated alkanes) is 3. The molecule has 0 N–H and O–H groups in total. The Morgan fingerprint density at radius 2 is 2.20 bits per heavy atom. The maximum absolute atomic E-state index is 10.5. The van der Waals surface area contributed by atoms with Crippen LogP contribution in [0.25, 0.3) is 0 Å². The second kappa shape index (κ2) is 5.48. The molecule has 1 aromatic rings. The van der Waals surface area contributed by atoms with Crippen LogP contribution in [-0.2, 0) is 6.54 Å². The summed E-state index contributed by atoms with van der Waals surface area (Å²) in [5, 5.41) is 10.5. The summed E-state index contributed by atoms with van der Waals surface area (Å²) >= 11 is 0. The van der Waals surface area contributed by atoms with Gasteiger partial charge in [-0.25, -0.2) is 0 Å². The van der Waals surface area contributed by atoms with Crippen LogP contribution in [0, 0.1) is 17.0 Å². The molecule has 0 spiro atoms. The van der Waals surface area contributed by atoms with E-state index in [9.17, 15) is 10.1 Å². The average molecular weight is 211 g/mol. The van der Waals surface area contributed by atoms with E-state index in [1.807, 2.05) is 4.57 Å². The van der Waals surface area contributed by atoms with E-state index in [0.29, 0.717) is 0 Å². The Morgan fingerprint density at radius 1 is 1.47 bits per heavy atom. The van der Waals surface area contributed by atoms with Crippen LogP contribution in [0.4, 0.5) is 5.82 Å². The van der Waals surface area contributed by atoms with Crippen molar-refractivity contribution in [3.63, 3.8) is 0 Å². The van der Waals surface area contributed by atoms with Gasteiger partial charge in [0, 0.05) is 13.5 Å². The zero-order valence-corrected chi connectivity index (χ0v) is 9.27. The van der Waals surface area contributed by atoms with Crippen molar-refractivity contribution in [1.29, 1.82) is 0 Å². The fourth-order valence-electron chi connectivity index (χ4n) is 1.51. The Bertz CT molecular complexity index is 333. The molecule has 0 atom stereocenters. The van der Waals surface area contributed by atoms with Crippen LogP contribution in [0.15, 0.2) is 6.20 Å². The molecule has 0 fully saturated rings. The van der Waals surface area contributed by atoms with Crippen molar-refractivity contribution in [2.75, 3.05) is 0 Å². The Balaban J connectivity index is 2.50. The maximum Gasteiger partial charge on any atom is 0.381 e. The topological polar surface area (TPSA) is 61.0 Å². The number of nitro groups is 1. The summed E-state index contributed by atoms with van der Waals surface area (Å²) in [5.74, 6) is 0.668. The van der Waals surface area contributed by atoms with E-state index < -0.39 is 4.92 Å². The second-order valence-corrected chi connectivity index (χ2v) is 3.66. The van der Waals surface area contributed by atoms with Crippen molar-refractivity contribution in [2.45, 2.75) is 46.1 Å². The number of hydrogen-bond donors (Lipinski definition) is 0. The molecule has 0 aliphatic carbocycles. The molecule has 0 amide bonds. The van der Waals surface area contributed by atoms with Gasteiger partial charge in [0.15, 0.2) is 0 Å². The van der Waals surface area contributed by atoms with Crippen molar-refractivity contribution < 1.29 is 4.92 Å². The molecular formula is C10H17N3O2. The molecule has 1 aromatic heterocycles. The Labute approximate surface area is 89.3 Å². The smallest absolute Gasteiger partial charge is 0.358 e. The first kappa shape index (κ1) is 11.7. The molecule has 5 nitrogen and oxygen atoms in total. The van der Waals surface area contributed by atoms with Crippen LogP contribution < -0.4 is 0 Å². The Morgan fingerprint density at radius 3 is 2.73 bits per heavy atom. The summed E-state index contributed by atoms with van der Waals surface area (Å²) < 4.78 is 1.85. The maximum atomic E-state index is 10.5. The third-order valence-corrected chi connectivity index (χ3v) is 2.40. The molecule has 1 rings (SSSR count). The average Bonchev–Trinajstić information content (AvgIpc) is 2.55. The van der Waals surface area contributed by atoms with Crippen molar-refractivity contribution in [1.82, 2.24) is 9.55 Å². The van der Waals surface area contributed by atoms with Gasteiger partial charge in [0.25, 0.3) is 0 Å². The predicted molar refractivity (Wildman–Crippen MR) is 57.8 cm³/mol. The summed E-state index contributed by atoms with van der Waals surface area (Å²) in [4.78, 5) is 13.9. The molecule has 0 radical (unpaired) electrons. The minimum absolute atomic E-state index is 0.0528. The summed E-state index contributed by atoms with van der Waals surface area (Å²) in [6.45, 7) is 4.78. The summed E-state index contributed by atoms with van der Waals surface area (Å²) in [7, 11) is 0. The number of hydrogen-bond acceptors (Lipinski definition) is 3. The zero-order chi connectivity index (χ0) is 11.3. The van der Waals surface area contributed by atoms with E-state index in [1.165, 1.54) is 25.5 Å². The molecule has 15 heavy (non-hydrogen) atoms. The van der Waals surface area contributed by atoms with E-state index in [1.54, 1.807) is 6.92 Å². The monoisotopic (exact) mass is 211 g/mol.